The fraction of sp³-hybridized carbons (Fsp3) is 0.222. The zero-order chi connectivity index (χ0) is 26.0. The van der Waals surface area contributed by atoms with E-state index in [2.05, 4.69) is 10.6 Å². The van der Waals surface area contributed by atoms with E-state index in [4.69, 9.17) is 5.73 Å². The Bertz CT molecular complexity index is 1310. The first-order valence-corrected chi connectivity index (χ1v) is 12.1. The second-order valence-electron chi connectivity index (χ2n) is 8.97. The highest BCUT2D eigenvalue weighted by atomic mass is 32.2. The largest absolute Gasteiger partial charge is 0.341 e. The molecule has 3 aromatic carbocycles. The standard InChI is InChI=1S/C27H25F2N3O3S/c1-15-7-9-17(10-8-15)24-23(25(34)31-20-5-3-4-6-21(20)36-24)32-26(35)27(2,30)22(33)13-16-11-18(28)14-19(29)12-16/h3-12,14,23-24H,13,30H2,1-2H3,(H,31,34)(H,32,35)/t23-,24+,27+/m0/s1. The third kappa shape index (κ3) is 5.47. The Morgan fingerprint density at radius 1 is 1.06 bits per heavy atom. The fourth-order valence-corrected chi connectivity index (χ4v) is 5.18. The van der Waals surface area contributed by atoms with Gasteiger partial charge in [0.05, 0.1) is 10.9 Å². The Labute approximate surface area is 211 Å². The number of para-hydroxylation sites is 1. The van der Waals surface area contributed by atoms with Crippen LogP contribution in [-0.2, 0) is 20.8 Å². The van der Waals surface area contributed by atoms with E-state index in [0.29, 0.717) is 11.8 Å². The van der Waals surface area contributed by atoms with Gasteiger partial charge in [0.15, 0.2) is 11.3 Å². The second kappa shape index (κ2) is 10.2. The number of Topliss-reactive ketones (excluding diaryl/α,β-unsaturated/α-hetero) is 1. The molecule has 4 rings (SSSR count). The Kier molecular flexibility index (Phi) is 7.23. The summed E-state index contributed by atoms with van der Waals surface area (Å²) < 4.78 is 27.1. The number of carbonyl (C=O) groups is 3. The van der Waals surface area contributed by atoms with Crippen LogP contribution in [0.2, 0.25) is 0 Å². The smallest absolute Gasteiger partial charge is 0.248 e. The third-order valence-corrected chi connectivity index (χ3v) is 7.42. The number of nitrogens with one attached hydrogen (secondary N) is 2. The second-order valence-corrected chi connectivity index (χ2v) is 10.1. The molecule has 6 nitrogen and oxygen atoms in total. The van der Waals surface area contributed by atoms with Gasteiger partial charge in [-0.15, -0.1) is 11.8 Å². The van der Waals surface area contributed by atoms with Crippen LogP contribution in [-0.4, -0.2) is 29.2 Å². The molecule has 36 heavy (non-hydrogen) atoms. The SMILES string of the molecule is Cc1ccc([C@H]2Sc3ccccc3NC(=O)[C@H]2NC(=O)[C@](C)(N)C(=O)Cc2cc(F)cc(F)c2)cc1. The summed E-state index contributed by atoms with van der Waals surface area (Å²) in [5, 5.41) is 5.00. The minimum Gasteiger partial charge on any atom is -0.341 e. The van der Waals surface area contributed by atoms with E-state index in [0.717, 1.165) is 28.2 Å². The molecule has 0 aromatic heterocycles. The predicted molar refractivity (Wildman–Crippen MR) is 134 cm³/mol. The molecule has 1 aliphatic heterocycles. The van der Waals surface area contributed by atoms with Crippen LogP contribution >= 0.6 is 11.8 Å². The van der Waals surface area contributed by atoms with Gasteiger partial charge in [0, 0.05) is 17.4 Å². The van der Waals surface area contributed by atoms with Crippen LogP contribution in [0.4, 0.5) is 14.5 Å². The number of rotatable bonds is 6. The van der Waals surface area contributed by atoms with Crippen LogP contribution in [0.15, 0.2) is 71.6 Å². The number of hydrogen-bond acceptors (Lipinski definition) is 5. The van der Waals surface area contributed by atoms with Crippen molar-refractivity contribution in [3.63, 3.8) is 0 Å². The molecule has 0 saturated carbocycles. The molecule has 0 saturated heterocycles. The van der Waals surface area contributed by atoms with Gasteiger partial charge in [-0.25, -0.2) is 8.78 Å². The van der Waals surface area contributed by atoms with Gasteiger partial charge in [0.25, 0.3) is 0 Å². The first kappa shape index (κ1) is 25.5. The van der Waals surface area contributed by atoms with Crippen LogP contribution in [0, 0.1) is 18.6 Å². The molecular formula is C27H25F2N3O3S. The maximum absolute atomic E-state index is 13.6. The summed E-state index contributed by atoms with van der Waals surface area (Å²) in [5.41, 5.74) is 6.59. The molecule has 3 atom stereocenters. The maximum atomic E-state index is 13.6. The number of thioether (sulfide) groups is 1. The van der Waals surface area contributed by atoms with Crippen molar-refractivity contribution in [2.24, 2.45) is 5.73 Å². The van der Waals surface area contributed by atoms with E-state index < -0.39 is 52.5 Å². The first-order chi connectivity index (χ1) is 17.0. The van der Waals surface area contributed by atoms with E-state index >= 15 is 0 Å². The van der Waals surface area contributed by atoms with E-state index in [9.17, 15) is 23.2 Å². The number of aryl methyl sites for hydroxylation is 1. The number of anilines is 1. The van der Waals surface area contributed by atoms with Gasteiger partial charge in [-0.2, -0.15) is 0 Å². The molecule has 1 aliphatic rings. The molecule has 0 bridgehead atoms. The molecule has 1 heterocycles. The summed E-state index contributed by atoms with van der Waals surface area (Å²) in [6.45, 7) is 3.17. The number of fused-ring (bicyclic) bond motifs is 1. The molecule has 0 spiro atoms. The number of amides is 2. The van der Waals surface area contributed by atoms with E-state index in [-0.39, 0.29) is 5.56 Å². The van der Waals surface area contributed by atoms with Crippen molar-refractivity contribution in [3.05, 3.63) is 95.1 Å². The lowest BCUT2D eigenvalue weighted by Gasteiger charge is -2.29. The molecule has 0 radical (unpaired) electrons. The highest BCUT2D eigenvalue weighted by molar-refractivity contribution is 7.99. The lowest BCUT2D eigenvalue weighted by molar-refractivity contribution is -0.136. The molecule has 9 heteroatoms. The third-order valence-electron chi connectivity index (χ3n) is 6.01. The summed E-state index contributed by atoms with van der Waals surface area (Å²) >= 11 is 1.41. The van der Waals surface area contributed by atoms with Crippen LogP contribution < -0.4 is 16.4 Å². The van der Waals surface area contributed by atoms with E-state index in [1.807, 2.05) is 43.3 Å². The number of carbonyl (C=O) groups excluding carboxylic acids is 3. The monoisotopic (exact) mass is 509 g/mol. The van der Waals surface area contributed by atoms with Crippen LogP contribution in [0.25, 0.3) is 0 Å². The van der Waals surface area contributed by atoms with Gasteiger partial charge in [0.2, 0.25) is 11.8 Å². The summed E-state index contributed by atoms with van der Waals surface area (Å²) in [6.07, 6.45) is -0.451. The van der Waals surface area contributed by atoms with Crippen molar-refractivity contribution < 1.29 is 23.2 Å². The molecule has 186 valence electrons. The van der Waals surface area contributed by atoms with Gasteiger partial charge < -0.3 is 16.4 Å². The average molecular weight is 510 g/mol. The number of benzene rings is 3. The van der Waals surface area contributed by atoms with Crippen molar-refractivity contribution in [3.8, 4) is 0 Å². The van der Waals surface area contributed by atoms with E-state index in [1.165, 1.54) is 18.7 Å². The number of hydrogen-bond donors (Lipinski definition) is 3. The van der Waals surface area contributed by atoms with Gasteiger partial charge >= 0.3 is 0 Å². The highest BCUT2D eigenvalue weighted by Crippen LogP contribution is 2.43. The quantitative estimate of drug-likeness (QED) is 0.435. The van der Waals surface area contributed by atoms with Crippen LogP contribution in [0.3, 0.4) is 0 Å². The van der Waals surface area contributed by atoms with Crippen LogP contribution in [0.1, 0.15) is 28.9 Å². The van der Waals surface area contributed by atoms with Crippen LogP contribution in [0.5, 0.6) is 0 Å². The van der Waals surface area contributed by atoms with Gasteiger partial charge in [-0.05, 0) is 49.2 Å². The Balaban J connectivity index is 1.61. The van der Waals surface area contributed by atoms with E-state index in [1.54, 1.807) is 12.1 Å². The van der Waals surface area contributed by atoms with Gasteiger partial charge in [0.1, 0.15) is 17.7 Å². The minimum atomic E-state index is -2.05. The molecule has 0 fully saturated rings. The lowest BCUT2D eigenvalue weighted by atomic mass is 9.91. The fourth-order valence-electron chi connectivity index (χ4n) is 3.88. The number of halogens is 2. The van der Waals surface area contributed by atoms with Crippen molar-refractivity contribution >= 4 is 35.0 Å². The minimum absolute atomic E-state index is 0.0534. The summed E-state index contributed by atoms with van der Waals surface area (Å²) in [6, 6.07) is 16.6. The molecule has 0 unspecified atom stereocenters. The zero-order valence-electron chi connectivity index (χ0n) is 19.7. The summed E-state index contributed by atoms with van der Waals surface area (Å²) in [4.78, 5) is 40.3. The van der Waals surface area contributed by atoms with Crippen molar-refractivity contribution in [1.29, 1.82) is 0 Å². The lowest BCUT2D eigenvalue weighted by Crippen LogP contribution is -2.61. The highest BCUT2D eigenvalue weighted by Gasteiger charge is 2.42. The van der Waals surface area contributed by atoms with Crippen molar-refractivity contribution in [2.45, 2.75) is 42.0 Å². The Hall–Kier alpha value is -3.56. The number of nitrogens with two attached hydrogens (primary N) is 1. The molecule has 3 aromatic rings. The first-order valence-electron chi connectivity index (χ1n) is 11.3. The summed E-state index contributed by atoms with van der Waals surface area (Å²) in [5.74, 6) is -3.75. The van der Waals surface area contributed by atoms with Crippen molar-refractivity contribution in [1.82, 2.24) is 5.32 Å². The molecule has 4 N–H and O–H groups in total. The molecular weight excluding hydrogens is 484 g/mol. The zero-order valence-corrected chi connectivity index (χ0v) is 20.5. The Morgan fingerprint density at radius 2 is 1.69 bits per heavy atom. The topological polar surface area (TPSA) is 101 Å². The molecule has 2 amide bonds. The predicted octanol–water partition coefficient (Wildman–Crippen LogP) is 4.07. The maximum Gasteiger partial charge on any atom is 0.248 e. The van der Waals surface area contributed by atoms with Gasteiger partial charge in [-0.3, -0.25) is 14.4 Å². The summed E-state index contributed by atoms with van der Waals surface area (Å²) in [7, 11) is 0. The average Bonchev–Trinajstić information content (AvgIpc) is 2.95. The Morgan fingerprint density at radius 3 is 2.36 bits per heavy atom. The number of ketones is 1. The van der Waals surface area contributed by atoms with Gasteiger partial charge in [-0.1, -0.05) is 42.0 Å². The van der Waals surface area contributed by atoms with Crippen molar-refractivity contribution in [2.75, 3.05) is 5.32 Å². The normalized spacial score (nSPS) is 18.9. The molecule has 0 aliphatic carbocycles.